The molecule has 0 spiro atoms. The third-order valence-electron chi connectivity index (χ3n) is 8.14. The maximum atomic E-state index is 13.6. The average molecular weight is 530 g/mol. The number of piperidine rings is 1. The molecule has 4 aliphatic heterocycles. The van der Waals surface area contributed by atoms with Crippen molar-refractivity contribution in [3.63, 3.8) is 0 Å². The number of hydrogen-bond acceptors (Lipinski definition) is 8. The summed E-state index contributed by atoms with van der Waals surface area (Å²) >= 11 is 0. The molecule has 6 rings (SSSR count). The monoisotopic (exact) mass is 529 g/mol. The normalized spacial score (nSPS) is 24.4. The highest BCUT2D eigenvalue weighted by atomic mass is 32.2. The molecule has 11 heteroatoms. The topological polar surface area (TPSA) is 97.2 Å². The van der Waals surface area contributed by atoms with E-state index in [1.165, 1.54) is 0 Å². The summed E-state index contributed by atoms with van der Waals surface area (Å²) in [5, 5.41) is 4.90. The molecule has 1 atom stereocenters. The Morgan fingerprint density at radius 1 is 1.08 bits per heavy atom. The van der Waals surface area contributed by atoms with Crippen molar-refractivity contribution in [3.8, 4) is 11.3 Å². The van der Waals surface area contributed by atoms with Crippen LogP contribution in [0.2, 0.25) is 0 Å². The molecule has 5 heterocycles. The first-order chi connectivity index (χ1) is 17.9. The van der Waals surface area contributed by atoms with Crippen molar-refractivity contribution >= 4 is 15.7 Å². The number of methoxy groups -OCH3 is 1. The fraction of sp³-hybridized carbons (Fsp3) is 0.615. The molecule has 0 radical (unpaired) electrons. The third kappa shape index (κ3) is 4.72. The van der Waals surface area contributed by atoms with Gasteiger partial charge in [0.15, 0.2) is 15.5 Å². The van der Waals surface area contributed by atoms with Crippen LogP contribution in [0.4, 0.5) is 0 Å². The molecule has 1 aromatic carbocycles. The van der Waals surface area contributed by atoms with Crippen molar-refractivity contribution in [2.24, 2.45) is 0 Å². The van der Waals surface area contributed by atoms with Gasteiger partial charge in [-0.15, -0.1) is 0 Å². The van der Waals surface area contributed by atoms with E-state index >= 15 is 0 Å². The van der Waals surface area contributed by atoms with Crippen LogP contribution in [-0.2, 0) is 25.1 Å². The number of sulfone groups is 1. The third-order valence-corrected chi connectivity index (χ3v) is 9.83. The lowest BCUT2D eigenvalue weighted by molar-refractivity contribution is -0.0334. The smallest absolute Gasteiger partial charge is 0.274 e. The summed E-state index contributed by atoms with van der Waals surface area (Å²) in [6, 6.07) is 7.21. The summed E-state index contributed by atoms with van der Waals surface area (Å²) in [6.07, 6.45) is 2.33. The predicted molar refractivity (Wildman–Crippen MR) is 137 cm³/mol. The number of morpholine rings is 1. The highest BCUT2D eigenvalue weighted by Crippen LogP contribution is 2.41. The zero-order chi connectivity index (χ0) is 25.6. The van der Waals surface area contributed by atoms with Crippen molar-refractivity contribution in [3.05, 3.63) is 35.5 Å². The molecule has 10 nitrogen and oxygen atoms in total. The Morgan fingerprint density at radius 3 is 2.62 bits per heavy atom. The molecule has 3 saturated heterocycles. The first kappa shape index (κ1) is 25.0. The van der Waals surface area contributed by atoms with Gasteiger partial charge >= 0.3 is 0 Å². The van der Waals surface area contributed by atoms with Crippen LogP contribution in [0.25, 0.3) is 11.3 Å². The molecule has 200 valence electrons. The number of ether oxygens (including phenoxy) is 2. The minimum atomic E-state index is -3.57. The summed E-state index contributed by atoms with van der Waals surface area (Å²) in [4.78, 5) is 20.5. The van der Waals surface area contributed by atoms with E-state index < -0.39 is 9.84 Å². The molecule has 1 aromatic heterocycles. The van der Waals surface area contributed by atoms with Crippen LogP contribution < -0.4 is 0 Å². The first-order valence-corrected chi connectivity index (χ1v) is 14.9. The van der Waals surface area contributed by atoms with Crippen molar-refractivity contribution in [2.75, 3.05) is 72.7 Å². The molecule has 0 saturated carbocycles. The number of rotatable bonds is 6. The molecule has 0 aliphatic carbocycles. The highest BCUT2D eigenvalue weighted by Gasteiger charge is 2.39. The minimum absolute atomic E-state index is 0.0747. The van der Waals surface area contributed by atoms with Crippen molar-refractivity contribution in [1.82, 2.24) is 24.5 Å². The molecule has 3 fully saturated rings. The Balaban J connectivity index is 1.32. The fourth-order valence-corrected chi connectivity index (χ4v) is 7.61. The maximum Gasteiger partial charge on any atom is 0.274 e. The van der Waals surface area contributed by atoms with Crippen LogP contribution in [0.1, 0.15) is 34.9 Å². The van der Waals surface area contributed by atoms with Crippen LogP contribution in [0.15, 0.2) is 29.2 Å². The standard InChI is InChI=1S/C26H35N5O5S/c1-35-20-16-29(17-20)10-9-28-8-4-5-19(15-28)31-25-21-6-2-3-7-23(21)37(33,34)18-22(25)24(27-31)26(32)30-11-13-36-14-12-30/h2-3,6-7,19-20H,4-5,8-18H2,1H3. The van der Waals surface area contributed by atoms with Gasteiger partial charge in [-0.3, -0.25) is 19.3 Å². The number of amides is 1. The van der Waals surface area contributed by atoms with Crippen molar-refractivity contribution in [2.45, 2.75) is 35.6 Å². The molecule has 0 N–H and O–H groups in total. The summed E-state index contributed by atoms with van der Waals surface area (Å²) in [5.41, 5.74) is 2.26. The van der Waals surface area contributed by atoms with Gasteiger partial charge in [0, 0.05) is 64.0 Å². The highest BCUT2D eigenvalue weighted by molar-refractivity contribution is 7.90. The average Bonchev–Trinajstić information content (AvgIpc) is 3.27. The zero-order valence-corrected chi connectivity index (χ0v) is 22.2. The molecular weight excluding hydrogens is 494 g/mol. The lowest BCUT2D eigenvalue weighted by atomic mass is 10.0. The lowest BCUT2D eigenvalue weighted by Gasteiger charge is -2.40. The number of hydrogen-bond donors (Lipinski definition) is 0. The summed E-state index contributed by atoms with van der Waals surface area (Å²) in [5.74, 6) is -0.400. The Bertz CT molecular complexity index is 1270. The first-order valence-electron chi connectivity index (χ1n) is 13.2. The van der Waals surface area contributed by atoms with E-state index in [0.717, 1.165) is 57.8 Å². The van der Waals surface area contributed by atoms with Gasteiger partial charge < -0.3 is 14.4 Å². The maximum absolute atomic E-state index is 13.6. The van der Waals surface area contributed by atoms with E-state index in [0.29, 0.717) is 48.4 Å². The molecule has 37 heavy (non-hydrogen) atoms. The number of carbonyl (C=O) groups excluding carboxylic acids is 1. The van der Waals surface area contributed by atoms with Crippen molar-refractivity contribution < 1.29 is 22.7 Å². The SMILES string of the molecule is COC1CN(CCN2CCCC(n3nc(C(=O)N4CCOCC4)c4c3-c3ccccc3S(=O)(=O)C4)C2)C1. The van der Waals surface area contributed by atoms with Gasteiger partial charge in [-0.05, 0) is 25.5 Å². The molecule has 2 aromatic rings. The van der Waals surface area contributed by atoms with Crippen LogP contribution in [0.5, 0.6) is 0 Å². The number of nitrogens with zero attached hydrogens (tertiary/aromatic N) is 5. The molecule has 1 amide bonds. The van der Waals surface area contributed by atoms with Gasteiger partial charge in [0.25, 0.3) is 5.91 Å². The largest absolute Gasteiger partial charge is 0.379 e. The van der Waals surface area contributed by atoms with E-state index in [9.17, 15) is 13.2 Å². The van der Waals surface area contributed by atoms with Crippen LogP contribution >= 0.6 is 0 Å². The number of benzene rings is 1. The van der Waals surface area contributed by atoms with Crippen LogP contribution in [0, 0.1) is 0 Å². The zero-order valence-electron chi connectivity index (χ0n) is 21.3. The summed E-state index contributed by atoms with van der Waals surface area (Å²) in [6.45, 7) is 7.75. The van der Waals surface area contributed by atoms with E-state index in [1.54, 1.807) is 24.1 Å². The number of fused-ring (bicyclic) bond motifs is 3. The van der Waals surface area contributed by atoms with Gasteiger partial charge in [0.05, 0.1) is 41.7 Å². The van der Waals surface area contributed by atoms with Gasteiger partial charge in [-0.1, -0.05) is 18.2 Å². The van der Waals surface area contributed by atoms with Gasteiger partial charge in [0.1, 0.15) is 0 Å². The minimum Gasteiger partial charge on any atom is -0.379 e. The van der Waals surface area contributed by atoms with Crippen molar-refractivity contribution in [1.29, 1.82) is 0 Å². The predicted octanol–water partition coefficient (Wildman–Crippen LogP) is 1.28. The Hall–Kier alpha value is -2.31. The summed E-state index contributed by atoms with van der Waals surface area (Å²) < 4.78 is 39.3. The Morgan fingerprint density at radius 2 is 1.84 bits per heavy atom. The molecular formula is C26H35N5O5S. The molecule has 1 unspecified atom stereocenters. The second-order valence-electron chi connectivity index (χ2n) is 10.5. The van der Waals surface area contributed by atoms with Crippen LogP contribution in [-0.4, -0.2) is 118 Å². The molecule has 4 aliphatic rings. The van der Waals surface area contributed by atoms with Gasteiger partial charge in [-0.2, -0.15) is 5.10 Å². The van der Waals surface area contributed by atoms with Gasteiger partial charge in [0.2, 0.25) is 0 Å². The Labute approximate surface area is 218 Å². The second kappa shape index (κ2) is 10.1. The number of likely N-dealkylation sites (tertiary alicyclic amines) is 2. The second-order valence-corrected chi connectivity index (χ2v) is 12.5. The quantitative estimate of drug-likeness (QED) is 0.552. The fourth-order valence-electron chi connectivity index (χ4n) is 6.02. The van der Waals surface area contributed by atoms with E-state index in [2.05, 4.69) is 9.80 Å². The van der Waals surface area contributed by atoms with Gasteiger partial charge in [-0.25, -0.2) is 8.42 Å². The van der Waals surface area contributed by atoms with E-state index in [-0.39, 0.29) is 23.4 Å². The lowest BCUT2D eigenvalue weighted by Crippen LogP contribution is -2.54. The van der Waals surface area contributed by atoms with E-state index in [1.807, 2.05) is 16.8 Å². The van der Waals surface area contributed by atoms with Crippen LogP contribution in [0.3, 0.4) is 0 Å². The molecule has 0 bridgehead atoms. The van der Waals surface area contributed by atoms with E-state index in [4.69, 9.17) is 14.6 Å². The number of aromatic nitrogens is 2. The summed E-state index contributed by atoms with van der Waals surface area (Å²) in [7, 11) is -1.80. The number of carbonyl (C=O) groups is 1. The Kier molecular flexibility index (Phi) is 6.83.